The van der Waals surface area contributed by atoms with E-state index in [2.05, 4.69) is 20.6 Å². The number of amides is 1. The summed E-state index contributed by atoms with van der Waals surface area (Å²) in [6, 6.07) is 6.40. The zero-order chi connectivity index (χ0) is 15.2. The van der Waals surface area contributed by atoms with Crippen LogP contribution in [0.5, 0.6) is 0 Å². The molecule has 0 aliphatic rings. The second kappa shape index (κ2) is 6.51. The molecule has 0 saturated carbocycles. The first-order chi connectivity index (χ1) is 10.1. The minimum atomic E-state index is -0.221. The van der Waals surface area contributed by atoms with Gasteiger partial charge in [0.15, 0.2) is 11.7 Å². The first-order valence-corrected chi connectivity index (χ1v) is 6.25. The summed E-state index contributed by atoms with van der Waals surface area (Å²) in [6.45, 7) is 2.11. The molecule has 0 unspecified atom stereocenters. The van der Waals surface area contributed by atoms with E-state index in [1.807, 2.05) is 0 Å². The van der Waals surface area contributed by atoms with Gasteiger partial charge < -0.3 is 20.8 Å². The Morgan fingerprint density at radius 1 is 1.38 bits per heavy atom. The standard InChI is InChI=1S/C13H15N5O3/c1-8-16-11(18-21-8)6-7-15-13(19)10-4-2-9(3-5-10)12(14)17-20/h2-5,20H,6-7H2,1H3,(H2,14,17)(H,15,19). The van der Waals surface area contributed by atoms with Gasteiger partial charge in [-0.1, -0.05) is 22.4 Å². The van der Waals surface area contributed by atoms with Gasteiger partial charge in [-0.25, -0.2) is 0 Å². The topological polar surface area (TPSA) is 127 Å². The van der Waals surface area contributed by atoms with Crippen LogP contribution >= 0.6 is 0 Å². The molecule has 8 heteroatoms. The fraction of sp³-hybridized carbons (Fsp3) is 0.231. The third-order valence-corrected chi connectivity index (χ3v) is 2.75. The maximum absolute atomic E-state index is 11.9. The summed E-state index contributed by atoms with van der Waals surface area (Å²) in [6.07, 6.45) is 0.491. The van der Waals surface area contributed by atoms with Gasteiger partial charge in [0, 0.05) is 31.0 Å². The van der Waals surface area contributed by atoms with Gasteiger partial charge in [0.2, 0.25) is 5.89 Å². The summed E-state index contributed by atoms with van der Waals surface area (Å²) in [5.41, 5.74) is 6.46. The Kier molecular flexibility index (Phi) is 4.50. The van der Waals surface area contributed by atoms with Crippen LogP contribution < -0.4 is 11.1 Å². The molecule has 0 atom stereocenters. The molecule has 2 rings (SSSR count). The summed E-state index contributed by atoms with van der Waals surface area (Å²) < 4.78 is 4.84. The van der Waals surface area contributed by atoms with E-state index < -0.39 is 0 Å². The number of aryl methyl sites for hydroxylation is 1. The van der Waals surface area contributed by atoms with Crippen LogP contribution in [0.15, 0.2) is 33.9 Å². The van der Waals surface area contributed by atoms with Crippen LogP contribution in [0.3, 0.4) is 0 Å². The lowest BCUT2D eigenvalue weighted by Crippen LogP contribution is -2.26. The Labute approximate surface area is 120 Å². The number of carbonyl (C=O) groups excluding carboxylic acids is 1. The molecular weight excluding hydrogens is 274 g/mol. The van der Waals surface area contributed by atoms with Crippen LogP contribution in [-0.4, -0.2) is 33.6 Å². The first-order valence-electron chi connectivity index (χ1n) is 6.25. The van der Waals surface area contributed by atoms with Gasteiger partial charge in [0.05, 0.1) is 0 Å². The average Bonchev–Trinajstić information content (AvgIpc) is 2.92. The Hall–Kier alpha value is -2.90. The van der Waals surface area contributed by atoms with Crippen LogP contribution in [0.4, 0.5) is 0 Å². The van der Waals surface area contributed by atoms with E-state index in [4.69, 9.17) is 15.5 Å². The summed E-state index contributed by atoms with van der Waals surface area (Å²) >= 11 is 0. The van der Waals surface area contributed by atoms with Gasteiger partial charge in [0.1, 0.15) is 0 Å². The number of amidine groups is 1. The second-order valence-corrected chi connectivity index (χ2v) is 4.30. The lowest BCUT2D eigenvalue weighted by Gasteiger charge is -2.04. The van der Waals surface area contributed by atoms with Crippen molar-refractivity contribution in [2.45, 2.75) is 13.3 Å². The number of hydrogen-bond acceptors (Lipinski definition) is 6. The van der Waals surface area contributed by atoms with Crippen molar-refractivity contribution in [3.8, 4) is 0 Å². The van der Waals surface area contributed by atoms with Crippen LogP contribution in [0, 0.1) is 6.92 Å². The van der Waals surface area contributed by atoms with E-state index in [1.54, 1.807) is 31.2 Å². The highest BCUT2D eigenvalue weighted by Crippen LogP contribution is 2.04. The summed E-state index contributed by atoms with van der Waals surface area (Å²) in [5.74, 6) is 0.820. The number of rotatable bonds is 5. The molecule has 1 amide bonds. The maximum Gasteiger partial charge on any atom is 0.251 e. The number of benzene rings is 1. The molecule has 0 radical (unpaired) electrons. The Morgan fingerprint density at radius 2 is 2.05 bits per heavy atom. The molecule has 1 heterocycles. The lowest BCUT2D eigenvalue weighted by molar-refractivity contribution is 0.0954. The van der Waals surface area contributed by atoms with E-state index in [0.29, 0.717) is 35.8 Å². The highest BCUT2D eigenvalue weighted by atomic mass is 16.5. The van der Waals surface area contributed by atoms with Crippen molar-refractivity contribution in [3.63, 3.8) is 0 Å². The molecule has 21 heavy (non-hydrogen) atoms. The Morgan fingerprint density at radius 3 is 2.62 bits per heavy atom. The summed E-state index contributed by atoms with van der Waals surface area (Å²) in [7, 11) is 0. The van der Waals surface area contributed by atoms with Crippen LogP contribution in [0.1, 0.15) is 27.6 Å². The molecule has 8 nitrogen and oxygen atoms in total. The van der Waals surface area contributed by atoms with E-state index in [9.17, 15) is 4.79 Å². The quantitative estimate of drug-likeness (QED) is 0.317. The first kappa shape index (κ1) is 14.5. The molecule has 0 aliphatic heterocycles. The molecule has 0 spiro atoms. The smallest absolute Gasteiger partial charge is 0.251 e. The van der Waals surface area contributed by atoms with Crippen LogP contribution in [0.25, 0.3) is 0 Å². The lowest BCUT2D eigenvalue weighted by atomic mass is 10.1. The predicted octanol–water partition coefficient (Wildman–Crippen LogP) is 0.445. The maximum atomic E-state index is 11.9. The number of nitrogens with one attached hydrogen (secondary N) is 1. The molecule has 2 aromatic rings. The van der Waals surface area contributed by atoms with Gasteiger partial charge in [-0.05, 0) is 12.1 Å². The van der Waals surface area contributed by atoms with Gasteiger partial charge in [0.25, 0.3) is 5.91 Å². The number of nitrogens with two attached hydrogens (primary N) is 1. The predicted molar refractivity (Wildman–Crippen MR) is 74.0 cm³/mol. The normalized spacial score (nSPS) is 11.4. The van der Waals surface area contributed by atoms with E-state index in [-0.39, 0.29) is 11.7 Å². The molecule has 1 aromatic heterocycles. The summed E-state index contributed by atoms with van der Waals surface area (Å²) in [4.78, 5) is 15.9. The molecule has 1 aromatic carbocycles. The second-order valence-electron chi connectivity index (χ2n) is 4.30. The van der Waals surface area contributed by atoms with Crippen molar-refractivity contribution in [3.05, 3.63) is 47.1 Å². The molecule has 110 valence electrons. The van der Waals surface area contributed by atoms with Gasteiger partial charge >= 0.3 is 0 Å². The van der Waals surface area contributed by atoms with Gasteiger partial charge in [-0.15, -0.1) is 0 Å². The SMILES string of the molecule is Cc1nc(CCNC(=O)c2ccc(/C(N)=N/O)cc2)no1. The van der Waals surface area contributed by atoms with Gasteiger partial charge in [-0.3, -0.25) is 4.79 Å². The third-order valence-electron chi connectivity index (χ3n) is 2.75. The zero-order valence-electron chi connectivity index (χ0n) is 11.4. The zero-order valence-corrected chi connectivity index (χ0v) is 11.4. The Balaban J connectivity index is 1.88. The minimum absolute atomic E-state index is 0.00515. The number of oxime groups is 1. The van der Waals surface area contributed by atoms with Crippen molar-refractivity contribution in [2.24, 2.45) is 10.9 Å². The highest BCUT2D eigenvalue weighted by molar-refractivity contribution is 5.99. The van der Waals surface area contributed by atoms with Crippen molar-refractivity contribution >= 4 is 11.7 Å². The van der Waals surface area contributed by atoms with Gasteiger partial charge in [-0.2, -0.15) is 4.98 Å². The van der Waals surface area contributed by atoms with Crippen molar-refractivity contribution in [2.75, 3.05) is 6.54 Å². The van der Waals surface area contributed by atoms with E-state index >= 15 is 0 Å². The fourth-order valence-corrected chi connectivity index (χ4v) is 1.68. The van der Waals surface area contributed by atoms with Crippen molar-refractivity contribution in [1.82, 2.24) is 15.5 Å². The number of hydrogen-bond donors (Lipinski definition) is 3. The van der Waals surface area contributed by atoms with Crippen LogP contribution in [-0.2, 0) is 6.42 Å². The average molecular weight is 289 g/mol. The molecule has 0 fully saturated rings. The minimum Gasteiger partial charge on any atom is -0.409 e. The summed E-state index contributed by atoms with van der Waals surface area (Å²) in [5, 5.41) is 17.9. The van der Waals surface area contributed by atoms with Crippen LogP contribution in [0.2, 0.25) is 0 Å². The molecule has 0 bridgehead atoms. The monoisotopic (exact) mass is 289 g/mol. The molecule has 0 aliphatic carbocycles. The molecule has 0 saturated heterocycles. The molecule has 4 N–H and O–H groups in total. The number of aromatic nitrogens is 2. The fourth-order valence-electron chi connectivity index (χ4n) is 1.68. The van der Waals surface area contributed by atoms with E-state index in [0.717, 1.165) is 0 Å². The number of carbonyl (C=O) groups is 1. The highest BCUT2D eigenvalue weighted by Gasteiger charge is 2.07. The number of nitrogens with zero attached hydrogens (tertiary/aromatic N) is 3. The third kappa shape index (κ3) is 3.78. The van der Waals surface area contributed by atoms with Crippen molar-refractivity contribution in [1.29, 1.82) is 0 Å². The largest absolute Gasteiger partial charge is 0.409 e. The van der Waals surface area contributed by atoms with Crippen molar-refractivity contribution < 1.29 is 14.5 Å². The Bertz CT molecular complexity index is 648. The van der Waals surface area contributed by atoms with E-state index in [1.165, 1.54) is 0 Å². The molecular formula is C13H15N5O3.